The number of hydrogen-bond donors (Lipinski definition) is 1. The number of nitrogens with zero attached hydrogens (tertiary/aromatic N) is 2. The quantitative estimate of drug-likeness (QED) is 0.452. The molecule has 156 valence electrons. The summed E-state index contributed by atoms with van der Waals surface area (Å²) in [5.74, 6) is -0.191. The molecule has 0 aliphatic rings. The second-order valence-electron chi connectivity index (χ2n) is 7.40. The van der Waals surface area contributed by atoms with Gasteiger partial charge in [0.25, 0.3) is 5.91 Å². The van der Waals surface area contributed by atoms with Gasteiger partial charge in [-0.2, -0.15) is 5.10 Å². The summed E-state index contributed by atoms with van der Waals surface area (Å²) in [5, 5.41) is 7.42. The third-order valence-electron chi connectivity index (χ3n) is 4.95. The fourth-order valence-electron chi connectivity index (χ4n) is 3.38. The van der Waals surface area contributed by atoms with E-state index in [2.05, 4.69) is 16.5 Å². The maximum atomic E-state index is 12.6. The number of carbonyl (C=O) groups is 1. The predicted octanol–water partition coefficient (Wildman–Crippen LogP) is 4.83. The average molecular weight is 412 g/mol. The minimum Gasteiger partial charge on any atom is -0.372 e. The van der Waals surface area contributed by atoms with E-state index in [9.17, 15) is 4.79 Å². The SMILES string of the molecule is Cc1cc(C(=O)NCc2cccc(COCc3ccccc3)c2)nn1-c1ccccc1. The maximum Gasteiger partial charge on any atom is 0.272 e. The zero-order valence-electron chi connectivity index (χ0n) is 17.5. The molecule has 0 aliphatic heterocycles. The molecule has 0 aliphatic carbocycles. The van der Waals surface area contributed by atoms with Crippen LogP contribution in [0.1, 0.15) is 32.9 Å². The molecule has 1 N–H and O–H groups in total. The fourth-order valence-corrected chi connectivity index (χ4v) is 3.38. The van der Waals surface area contributed by atoms with E-state index in [0.29, 0.717) is 25.5 Å². The van der Waals surface area contributed by atoms with Crippen LogP contribution in [0.2, 0.25) is 0 Å². The Labute approximate surface area is 182 Å². The Morgan fingerprint density at radius 3 is 2.26 bits per heavy atom. The van der Waals surface area contributed by atoms with E-state index in [1.54, 1.807) is 10.7 Å². The van der Waals surface area contributed by atoms with Crippen LogP contribution < -0.4 is 5.32 Å². The summed E-state index contributed by atoms with van der Waals surface area (Å²) in [7, 11) is 0. The van der Waals surface area contributed by atoms with Crippen molar-refractivity contribution in [1.29, 1.82) is 0 Å². The van der Waals surface area contributed by atoms with E-state index < -0.39 is 0 Å². The van der Waals surface area contributed by atoms with Crippen LogP contribution in [-0.2, 0) is 24.5 Å². The van der Waals surface area contributed by atoms with Gasteiger partial charge in [-0.05, 0) is 41.8 Å². The lowest BCUT2D eigenvalue weighted by Gasteiger charge is -2.08. The Kier molecular flexibility index (Phi) is 6.55. The molecule has 4 rings (SSSR count). The summed E-state index contributed by atoms with van der Waals surface area (Å²) >= 11 is 0. The van der Waals surface area contributed by atoms with Gasteiger partial charge in [0.05, 0.1) is 18.9 Å². The monoisotopic (exact) mass is 411 g/mol. The molecule has 5 nitrogen and oxygen atoms in total. The highest BCUT2D eigenvalue weighted by Crippen LogP contribution is 2.13. The summed E-state index contributed by atoms with van der Waals surface area (Å²) in [6, 6.07) is 29.8. The number of para-hydroxylation sites is 1. The molecule has 5 heteroatoms. The van der Waals surface area contributed by atoms with Gasteiger partial charge in [-0.1, -0.05) is 72.8 Å². The summed E-state index contributed by atoms with van der Waals surface area (Å²) in [4.78, 5) is 12.6. The first-order valence-corrected chi connectivity index (χ1v) is 10.3. The van der Waals surface area contributed by atoms with E-state index in [0.717, 1.165) is 28.1 Å². The molecule has 1 aromatic heterocycles. The molecule has 0 atom stereocenters. The van der Waals surface area contributed by atoms with Gasteiger partial charge in [0.1, 0.15) is 0 Å². The minimum atomic E-state index is -0.191. The van der Waals surface area contributed by atoms with Crippen LogP contribution in [0.4, 0.5) is 0 Å². The molecule has 0 fully saturated rings. The molecule has 0 unspecified atom stereocenters. The van der Waals surface area contributed by atoms with Crippen molar-refractivity contribution < 1.29 is 9.53 Å². The zero-order chi connectivity index (χ0) is 21.5. The van der Waals surface area contributed by atoms with E-state index >= 15 is 0 Å². The van der Waals surface area contributed by atoms with E-state index in [-0.39, 0.29) is 5.91 Å². The van der Waals surface area contributed by atoms with Crippen molar-refractivity contribution in [2.24, 2.45) is 0 Å². The summed E-state index contributed by atoms with van der Waals surface area (Å²) < 4.78 is 7.59. The van der Waals surface area contributed by atoms with Crippen LogP contribution in [0.15, 0.2) is 91.0 Å². The number of benzene rings is 3. The third-order valence-corrected chi connectivity index (χ3v) is 4.95. The van der Waals surface area contributed by atoms with Crippen molar-refractivity contribution in [2.45, 2.75) is 26.7 Å². The Bertz CT molecular complexity index is 1140. The molecule has 0 spiro atoms. The van der Waals surface area contributed by atoms with Crippen LogP contribution in [0, 0.1) is 6.92 Å². The number of amides is 1. The first kappa shape index (κ1) is 20.6. The van der Waals surface area contributed by atoms with Crippen LogP contribution in [-0.4, -0.2) is 15.7 Å². The molecule has 0 saturated carbocycles. The van der Waals surface area contributed by atoms with Crippen molar-refractivity contribution in [1.82, 2.24) is 15.1 Å². The van der Waals surface area contributed by atoms with Gasteiger partial charge in [-0.25, -0.2) is 4.68 Å². The number of aryl methyl sites for hydroxylation is 1. The van der Waals surface area contributed by atoms with Gasteiger partial charge < -0.3 is 10.1 Å². The van der Waals surface area contributed by atoms with Crippen molar-refractivity contribution in [3.8, 4) is 5.69 Å². The van der Waals surface area contributed by atoms with Gasteiger partial charge in [0, 0.05) is 12.2 Å². The average Bonchev–Trinajstić information content (AvgIpc) is 3.21. The highest BCUT2D eigenvalue weighted by atomic mass is 16.5. The zero-order valence-corrected chi connectivity index (χ0v) is 17.5. The number of carbonyl (C=O) groups excluding carboxylic acids is 1. The van der Waals surface area contributed by atoms with Crippen LogP contribution in [0.5, 0.6) is 0 Å². The number of hydrogen-bond acceptors (Lipinski definition) is 3. The first-order valence-electron chi connectivity index (χ1n) is 10.3. The Morgan fingerprint density at radius 2 is 1.48 bits per heavy atom. The van der Waals surface area contributed by atoms with Gasteiger partial charge in [-0.3, -0.25) is 4.79 Å². The third kappa shape index (κ3) is 5.47. The Morgan fingerprint density at radius 1 is 0.839 bits per heavy atom. The van der Waals surface area contributed by atoms with Crippen molar-refractivity contribution in [3.05, 3.63) is 119 Å². The number of rotatable bonds is 8. The van der Waals surface area contributed by atoms with E-state index in [4.69, 9.17) is 4.74 Å². The Balaban J connectivity index is 1.33. The molecule has 1 amide bonds. The van der Waals surface area contributed by atoms with Crippen LogP contribution in [0.25, 0.3) is 5.69 Å². The van der Waals surface area contributed by atoms with Gasteiger partial charge in [0.15, 0.2) is 5.69 Å². The molecule has 0 saturated heterocycles. The standard InChI is InChI=1S/C26H25N3O2/c1-20-15-25(28-29(20)24-13-6-3-7-14-24)26(30)27-17-22-11-8-12-23(16-22)19-31-18-21-9-4-2-5-10-21/h2-16H,17-19H2,1H3,(H,27,30). The molecule has 3 aromatic carbocycles. The smallest absolute Gasteiger partial charge is 0.272 e. The maximum absolute atomic E-state index is 12.6. The molecule has 1 heterocycles. The van der Waals surface area contributed by atoms with Gasteiger partial charge >= 0.3 is 0 Å². The lowest BCUT2D eigenvalue weighted by Crippen LogP contribution is -2.23. The molecular weight excluding hydrogens is 386 g/mol. The van der Waals surface area contributed by atoms with Crippen LogP contribution >= 0.6 is 0 Å². The molecule has 0 bridgehead atoms. The summed E-state index contributed by atoms with van der Waals surface area (Å²) in [6.45, 7) is 3.47. The highest BCUT2D eigenvalue weighted by molar-refractivity contribution is 5.92. The largest absolute Gasteiger partial charge is 0.372 e. The van der Waals surface area contributed by atoms with Crippen molar-refractivity contribution >= 4 is 5.91 Å². The lowest BCUT2D eigenvalue weighted by atomic mass is 10.1. The van der Waals surface area contributed by atoms with Gasteiger partial charge in [-0.15, -0.1) is 0 Å². The summed E-state index contributed by atoms with van der Waals surface area (Å²) in [5.41, 5.74) is 5.50. The fraction of sp³-hybridized carbons (Fsp3) is 0.154. The Hall–Kier alpha value is -3.70. The lowest BCUT2D eigenvalue weighted by molar-refractivity contribution is 0.0945. The normalized spacial score (nSPS) is 10.7. The molecule has 31 heavy (non-hydrogen) atoms. The van der Waals surface area contributed by atoms with Crippen LogP contribution in [0.3, 0.4) is 0 Å². The van der Waals surface area contributed by atoms with Gasteiger partial charge in [0.2, 0.25) is 0 Å². The van der Waals surface area contributed by atoms with E-state index in [1.807, 2.05) is 85.8 Å². The number of nitrogens with one attached hydrogen (secondary N) is 1. The molecular formula is C26H25N3O2. The molecule has 4 aromatic rings. The first-order chi connectivity index (χ1) is 15.2. The predicted molar refractivity (Wildman–Crippen MR) is 121 cm³/mol. The van der Waals surface area contributed by atoms with E-state index in [1.165, 1.54) is 0 Å². The number of ether oxygens (including phenoxy) is 1. The van der Waals surface area contributed by atoms with Crippen molar-refractivity contribution in [3.63, 3.8) is 0 Å². The number of aromatic nitrogens is 2. The second kappa shape index (κ2) is 9.87. The topological polar surface area (TPSA) is 56.1 Å². The minimum absolute atomic E-state index is 0.191. The molecule has 0 radical (unpaired) electrons. The summed E-state index contributed by atoms with van der Waals surface area (Å²) in [6.07, 6.45) is 0. The highest BCUT2D eigenvalue weighted by Gasteiger charge is 2.13. The second-order valence-corrected chi connectivity index (χ2v) is 7.40. The van der Waals surface area contributed by atoms with Crippen molar-refractivity contribution in [2.75, 3.05) is 0 Å².